The van der Waals surface area contributed by atoms with Crippen LogP contribution in [0.4, 0.5) is 11.5 Å². The molecule has 5 rings (SSSR count). The van der Waals surface area contributed by atoms with Gasteiger partial charge in [0.05, 0.1) is 28.4 Å². The first-order chi connectivity index (χ1) is 21.6. The lowest BCUT2D eigenvalue weighted by molar-refractivity contribution is -0.183. The van der Waals surface area contributed by atoms with Crippen molar-refractivity contribution in [2.24, 2.45) is 16.9 Å². The monoisotopic (exact) mass is 652 g/mol. The number of aromatic nitrogens is 1. The second kappa shape index (κ2) is 14.2. The minimum Gasteiger partial charge on any atom is -0.755 e. The normalized spacial score (nSPS) is 18.8. The number of thiophene rings is 1. The highest BCUT2D eigenvalue weighted by Gasteiger charge is 2.49. The summed E-state index contributed by atoms with van der Waals surface area (Å²) in [5.74, 6) is -1.06. The van der Waals surface area contributed by atoms with Crippen LogP contribution in [0.25, 0.3) is 0 Å². The van der Waals surface area contributed by atoms with Gasteiger partial charge in [-0.3, -0.25) is 22.9 Å². The van der Waals surface area contributed by atoms with Crippen molar-refractivity contribution in [1.82, 2.24) is 9.88 Å². The Morgan fingerprint density at radius 2 is 1.73 bits per heavy atom. The summed E-state index contributed by atoms with van der Waals surface area (Å²) in [5.41, 5.74) is 10.9. The molecule has 2 atom stereocenters. The molecule has 11 nitrogen and oxygen atoms in total. The highest BCUT2D eigenvalue weighted by molar-refractivity contribution is 7.81. The van der Waals surface area contributed by atoms with Crippen LogP contribution in [0.5, 0.6) is 0 Å². The third-order valence-electron chi connectivity index (χ3n) is 8.90. The van der Waals surface area contributed by atoms with Crippen molar-refractivity contribution in [2.75, 3.05) is 17.4 Å². The Bertz CT molecular complexity index is 1490. The smallest absolute Gasteiger partial charge is 0.313 e. The van der Waals surface area contributed by atoms with Gasteiger partial charge in [-0.15, -0.1) is 11.3 Å². The quantitative estimate of drug-likeness (QED) is 0.234. The molecule has 0 radical (unpaired) electrons. The van der Waals surface area contributed by atoms with E-state index in [2.05, 4.69) is 4.98 Å². The molecule has 240 valence electrons. The van der Waals surface area contributed by atoms with E-state index in [0.717, 1.165) is 34.0 Å². The number of primary amides is 1. The minimum atomic E-state index is -2.62. The lowest BCUT2D eigenvalue weighted by Crippen LogP contribution is -2.55. The summed E-state index contributed by atoms with van der Waals surface area (Å²) in [6.07, 6.45) is 6.03. The van der Waals surface area contributed by atoms with Crippen molar-refractivity contribution in [3.8, 4) is 0 Å². The average Bonchev–Trinajstić information content (AvgIpc) is 3.56. The number of anilines is 2. The summed E-state index contributed by atoms with van der Waals surface area (Å²) < 4.78 is 31.3. The number of likely N-dealkylation sites (tertiary alicyclic amines) is 1. The maximum Gasteiger partial charge on any atom is 0.313 e. The minimum absolute atomic E-state index is 0.171. The van der Waals surface area contributed by atoms with Crippen LogP contribution in [0.1, 0.15) is 55.4 Å². The predicted octanol–water partition coefficient (Wildman–Crippen LogP) is 3.53. The van der Waals surface area contributed by atoms with E-state index in [0.29, 0.717) is 50.9 Å². The number of nitrogens with zero attached hydrogens (tertiary/aromatic N) is 3. The van der Waals surface area contributed by atoms with Crippen LogP contribution in [0.3, 0.4) is 0 Å². The van der Waals surface area contributed by atoms with E-state index in [-0.39, 0.29) is 18.1 Å². The number of pyridine rings is 1. The van der Waals surface area contributed by atoms with Gasteiger partial charge in [0.25, 0.3) is 5.91 Å². The Morgan fingerprint density at radius 3 is 2.31 bits per heavy atom. The fraction of sp³-hybridized carbons (Fsp3) is 0.438. The van der Waals surface area contributed by atoms with Crippen LogP contribution >= 0.6 is 11.3 Å². The molecule has 3 heterocycles. The Labute approximate surface area is 269 Å². The molecule has 2 aromatic heterocycles. The van der Waals surface area contributed by atoms with Crippen molar-refractivity contribution in [1.29, 1.82) is 0 Å². The van der Waals surface area contributed by atoms with Gasteiger partial charge < -0.3 is 25.7 Å². The molecule has 0 spiro atoms. The van der Waals surface area contributed by atoms with Crippen molar-refractivity contribution >= 4 is 51.9 Å². The van der Waals surface area contributed by atoms with Gasteiger partial charge in [-0.05, 0) is 86.2 Å². The van der Waals surface area contributed by atoms with Gasteiger partial charge in [0.2, 0.25) is 5.91 Å². The standard InChI is InChI=1S/C32H39N5O6S2/c33-26(21-25-7-6-20-44-25)28(38)36-18-15-31(16-19-36,30(40)43-32(29(34)39)13-3-1-4-14-32)22-23-9-11-24(12-10-23)37(45(41)42)27-8-2-5-17-35-27/h2,5-12,17,20,26H,1,3-4,13-16,18-19,21-22,33H2,(H2,34,39)(H,41,42)/p-1. The number of carbonyl (C=O) groups excluding carboxylic acids is 3. The molecule has 2 fully saturated rings. The Hall–Kier alpha value is -3.65. The molecule has 45 heavy (non-hydrogen) atoms. The summed E-state index contributed by atoms with van der Waals surface area (Å²) in [4.78, 5) is 46.9. The molecule has 1 aliphatic heterocycles. The average molecular weight is 653 g/mol. The zero-order chi connectivity index (χ0) is 32.0. The van der Waals surface area contributed by atoms with E-state index in [1.165, 1.54) is 6.20 Å². The van der Waals surface area contributed by atoms with Gasteiger partial charge in [-0.2, -0.15) is 0 Å². The lowest BCUT2D eigenvalue weighted by atomic mass is 9.73. The second-order valence-electron chi connectivity index (χ2n) is 11.8. The first-order valence-electron chi connectivity index (χ1n) is 15.1. The number of hydrogen-bond acceptors (Lipinski definition) is 9. The van der Waals surface area contributed by atoms with E-state index in [4.69, 9.17) is 16.2 Å². The maximum absolute atomic E-state index is 14.1. The van der Waals surface area contributed by atoms with E-state index in [1.807, 2.05) is 17.5 Å². The predicted molar refractivity (Wildman–Crippen MR) is 171 cm³/mol. The van der Waals surface area contributed by atoms with Crippen molar-refractivity contribution in [3.05, 3.63) is 76.6 Å². The fourth-order valence-electron chi connectivity index (χ4n) is 6.29. The van der Waals surface area contributed by atoms with Gasteiger partial charge in [0.1, 0.15) is 5.82 Å². The Kier molecular flexibility index (Phi) is 10.3. The molecule has 13 heteroatoms. The molecule has 1 saturated carbocycles. The summed E-state index contributed by atoms with van der Waals surface area (Å²) >= 11 is -1.06. The molecule has 2 aliphatic rings. The molecule has 0 bridgehead atoms. The molecule has 3 aromatic rings. The van der Waals surface area contributed by atoms with Crippen molar-refractivity contribution in [3.63, 3.8) is 0 Å². The second-order valence-corrected chi connectivity index (χ2v) is 13.7. The highest BCUT2D eigenvalue weighted by atomic mass is 32.2. The Morgan fingerprint density at radius 1 is 1.02 bits per heavy atom. The van der Waals surface area contributed by atoms with Gasteiger partial charge in [0, 0.05) is 30.6 Å². The van der Waals surface area contributed by atoms with E-state index in [1.54, 1.807) is 58.7 Å². The van der Waals surface area contributed by atoms with Crippen LogP contribution in [-0.4, -0.2) is 61.2 Å². The maximum atomic E-state index is 14.1. The number of carbonyl (C=O) groups is 3. The zero-order valence-electron chi connectivity index (χ0n) is 25.0. The molecular weight excluding hydrogens is 615 g/mol. The molecule has 4 N–H and O–H groups in total. The Balaban J connectivity index is 1.37. The molecule has 1 aliphatic carbocycles. The van der Waals surface area contributed by atoms with E-state index < -0.39 is 40.2 Å². The number of amides is 2. The van der Waals surface area contributed by atoms with Crippen molar-refractivity contribution < 1.29 is 27.9 Å². The van der Waals surface area contributed by atoms with Crippen LogP contribution in [0, 0.1) is 5.41 Å². The van der Waals surface area contributed by atoms with Crippen molar-refractivity contribution in [2.45, 2.75) is 69.4 Å². The zero-order valence-corrected chi connectivity index (χ0v) is 26.6. The third kappa shape index (κ3) is 7.43. The lowest BCUT2D eigenvalue weighted by Gasteiger charge is -2.43. The molecule has 2 unspecified atom stereocenters. The summed E-state index contributed by atoms with van der Waals surface area (Å²) in [6.45, 7) is 0.604. The highest BCUT2D eigenvalue weighted by Crippen LogP contribution is 2.41. The number of piperidine rings is 1. The largest absolute Gasteiger partial charge is 0.755 e. The topological polar surface area (TPSA) is 172 Å². The number of benzene rings is 1. The summed E-state index contributed by atoms with van der Waals surface area (Å²) in [6, 6.07) is 15.0. The molecule has 2 amide bonds. The summed E-state index contributed by atoms with van der Waals surface area (Å²) in [7, 11) is 0. The number of hydrogen-bond donors (Lipinski definition) is 2. The number of esters is 1. The van der Waals surface area contributed by atoms with E-state index in [9.17, 15) is 23.1 Å². The van der Waals surface area contributed by atoms with Gasteiger partial charge >= 0.3 is 5.97 Å². The fourth-order valence-corrected chi connectivity index (χ4v) is 7.61. The molecular formula is C32H38N5O6S2-. The number of nitrogens with two attached hydrogens (primary N) is 2. The van der Waals surface area contributed by atoms with Gasteiger partial charge in [-0.1, -0.05) is 30.7 Å². The molecule has 1 aromatic carbocycles. The first kappa shape index (κ1) is 32.7. The van der Waals surface area contributed by atoms with Gasteiger partial charge in [0.15, 0.2) is 5.60 Å². The number of ether oxygens (including phenoxy) is 1. The van der Waals surface area contributed by atoms with Gasteiger partial charge in [-0.25, -0.2) is 4.98 Å². The first-order valence-corrected chi connectivity index (χ1v) is 17.0. The van der Waals surface area contributed by atoms with Crippen LogP contribution in [-0.2, 0) is 43.2 Å². The number of rotatable bonds is 11. The van der Waals surface area contributed by atoms with Crippen LogP contribution in [0.15, 0.2) is 66.2 Å². The summed E-state index contributed by atoms with van der Waals surface area (Å²) in [5, 5.41) is 1.95. The van der Waals surface area contributed by atoms with Crippen LogP contribution in [0.2, 0.25) is 0 Å². The third-order valence-corrected chi connectivity index (χ3v) is 10.5. The SMILES string of the molecule is NC(=O)C1(OC(=O)C2(Cc3ccc(N(c4ccccn4)S(=O)[O-])cc3)CCN(C(=O)C(N)Cc3cccs3)CC2)CCCCC1. The molecule has 1 saturated heterocycles. The van der Waals surface area contributed by atoms with E-state index >= 15 is 0 Å². The van der Waals surface area contributed by atoms with Crippen LogP contribution < -0.4 is 15.8 Å².